The number of phenolic OH excluding ortho intramolecular Hbond substituents is 1. The highest BCUT2D eigenvalue weighted by atomic mass is 16.5. The van der Waals surface area contributed by atoms with Gasteiger partial charge in [-0.15, -0.1) is 0 Å². The largest absolute Gasteiger partial charge is 0.507 e. The van der Waals surface area contributed by atoms with E-state index in [1.165, 1.54) is 0 Å². The number of hydrogen-bond donors (Lipinski definition) is 2. The number of aliphatic hydroxyl groups excluding tert-OH is 1. The third-order valence-electron chi connectivity index (χ3n) is 5.45. The Hall–Kier alpha value is -3.73. The molecule has 4 aromatic rings. The molecule has 2 atom stereocenters. The van der Waals surface area contributed by atoms with Crippen molar-refractivity contribution in [3.63, 3.8) is 0 Å². The molecule has 166 valence electrons. The molecule has 0 aliphatic heterocycles. The van der Waals surface area contributed by atoms with Crippen molar-refractivity contribution >= 4 is 6.21 Å². The lowest BCUT2D eigenvalue weighted by Gasteiger charge is -2.24. The zero-order chi connectivity index (χ0) is 22.9. The molecule has 4 rings (SSSR count). The quantitative estimate of drug-likeness (QED) is 0.329. The van der Waals surface area contributed by atoms with E-state index in [-0.39, 0.29) is 18.5 Å². The first-order valence-corrected chi connectivity index (χ1v) is 11.0. The summed E-state index contributed by atoms with van der Waals surface area (Å²) in [7, 11) is 0. The first-order valence-electron chi connectivity index (χ1n) is 11.0. The normalized spacial score (nSPS) is 13.3. The first-order chi connectivity index (χ1) is 16.2. The SMILES string of the molecule is Oc1ccccc1C=N[C@H](c1ccccc1)[C@@H](O)COC(c1ccccc1)c1ccccc1. The van der Waals surface area contributed by atoms with Crippen LogP contribution in [0.1, 0.15) is 34.4 Å². The summed E-state index contributed by atoms with van der Waals surface area (Å²) in [6, 6.07) is 36.0. The molecular formula is C29H27NO3. The van der Waals surface area contributed by atoms with Crippen molar-refractivity contribution in [2.75, 3.05) is 6.61 Å². The van der Waals surface area contributed by atoms with Gasteiger partial charge in [0, 0.05) is 11.8 Å². The van der Waals surface area contributed by atoms with Gasteiger partial charge >= 0.3 is 0 Å². The summed E-state index contributed by atoms with van der Waals surface area (Å²) >= 11 is 0. The van der Waals surface area contributed by atoms with E-state index in [4.69, 9.17) is 4.74 Å². The van der Waals surface area contributed by atoms with Gasteiger partial charge in [0.05, 0.1) is 6.61 Å². The van der Waals surface area contributed by atoms with Crippen LogP contribution in [0.5, 0.6) is 5.75 Å². The third kappa shape index (κ3) is 5.95. The number of ether oxygens (including phenoxy) is 1. The summed E-state index contributed by atoms with van der Waals surface area (Å²) in [5.41, 5.74) is 3.50. The summed E-state index contributed by atoms with van der Waals surface area (Å²) in [5, 5.41) is 21.2. The maximum atomic E-state index is 11.2. The zero-order valence-corrected chi connectivity index (χ0v) is 18.2. The second kappa shape index (κ2) is 11.2. The van der Waals surface area contributed by atoms with Crippen molar-refractivity contribution in [3.8, 4) is 5.75 Å². The van der Waals surface area contributed by atoms with E-state index in [2.05, 4.69) is 4.99 Å². The first kappa shape index (κ1) is 22.5. The Bertz CT molecular complexity index is 1110. The van der Waals surface area contributed by atoms with E-state index in [1.807, 2.05) is 97.1 Å². The van der Waals surface area contributed by atoms with Gasteiger partial charge in [-0.1, -0.05) is 103 Å². The number of para-hydroxylation sites is 1. The topological polar surface area (TPSA) is 62.1 Å². The van der Waals surface area contributed by atoms with E-state index in [9.17, 15) is 10.2 Å². The summed E-state index contributed by atoms with van der Waals surface area (Å²) in [6.45, 7) is 0.0894. The average Bonchev–Trinajstić information content (AvgIpc) is 2.87. The number of aliphatic imine (C=N–C) groups is 1. The van der Waals surface area contributed by atoms with Crippen LogP contribution in [0, 0.1) is 0 Å². The molecule has 4 aromatic carbocycles. The minimum absolute atomic E-state index is 0.0894. The molecule has 0 fully saturated rings. The molecule has 0 spiro atoms. The predicted molar refractivity (Wildman–Crippen MR) is 132 cm³/mol. The number of aromatic hydroxyl groups is 1. The number of rotatable bonds is 9. The average molecular weight is 438 g/mol. The summed E-state index contributed by atoms with van der Waals surface area (Å²) in [6.07, 6.45) is 0.410. The standard InChI is InChI=1S/C29H27NO3/c31-26-19-11-10-18-25(26)20-30-28(22-12-4-1-5-13-22)27(32)21-33-29(23-14-6-2-7-15-23)24-16-8-3-9-17-24/h1-20,27-29,31-32H,21H2/t27-,28+/m0/s1. The molecule has 0 aliphatic rings. The van der Waals surface area contributed by atoms with Gasteiger partial charge in [-0.2, -0.15) is 0 Å². The van der Waals surface area contributed by atoms with Crippen LogP contribution in [0.15, 0.2) is 120 Å². The number of hydrogen-bond acceptors (Lipinski definition) is 4. The Morgan fingerprint density at radius 3 is 1.70 bits per heavy atom. The van der Waals surface area contributed by atoms with Crippen molar-refractivity contribution in [2.24, 2.45) is 4.99 Å². The zero-order valence-electron chi connectivity index (χ0n) is 18.2. The van der Waals surface area contributed by atoms with Crippen LogP contribution in [0.25, 0.3) is 0 Å². The van der Waals surface area contributed by atoms with Gasteiger partial charge in [0.25, 0.3) is 0 Å². The second-order valence-corrected chi connectivity index (χ2v) is 7.79. The van der Waals surface area contributed by atoms with Crippen molar-refractivity contribution < 1.29 is 14.9 Å². The molecule has 0 saturated carbocycles. The van der Waals surface area contributed by atoms with Crippen molar-refractivity contribution in [3.05, 3.63) is 138 Å². The van der Waals surface area contributed by atoms with Gasteiger partial charge in [-0.25, -0.2) is 0 Å². The van der Waals surface area contributed by atoms with E-state index in [0.717, 1.165) is 16.7 Å². The van der Waals surface area contributed by atoms with E-state index >= 15 is 0 Å². The van der Waals surface area contributed by atoms with Crippen LogP contribution in [0.2, 0.25) is 0 Å². The fourth-order valence-electron chi connectivity index (χ4n) is 3.74. The Labute approximate surface area is 194 Å². The lowest BCUT2D eigenvalue weighted by molar-refractivity contribution is -0.00416. The fraction of sp³-hybridized carbons (Fsp3) is 0.138. The third-order valence-corrected chi connectivity index (χ3v) is 5.45. The molecule has 0 aliphatic carbocycles. The van der Waals surface area contributed by atoms with Gasteiger partial charge in [0.2, 0.25) is 0 Å². The van der Waals surface area contributed by atoms with Gasteiger partial charge in [0.15, 0.2) is 0 Å². The molecule has 0 radical (unpaired) electrons. The van der Waals surface area contributed by atoms with Gasteiger partial charge < -0.3 is 14.9 Å². The molecule has 0 heterocycles. The Balaban J connectivity index is 1.57. The van der Waals surface area contributed by atoms with Crippen molar-refractivity contribution in [2.45, 2.75) is 18.2 Å². The van der Waals surface area contributed by atoms with Gasteiger partial charge in [0.1, 0.15) is 24.0 Å². The van der Waals surface area contributed by atoms with Crippen LogP contribution >= 0.6 is 0 Å². The summed E-state index contributed by atoms with van der Waals surface area (Å²) in [5.74, 6) is 0.145. The smallest absolute Gasteiger partial charge is 0.124 e. The van der Waals surface area contributed by atoms with E-state index in [0.29, 0.717) is 5.56 Å². The number of benzene rings is 4. The van der Waals surface area contributed by atoms with E-state index < -0.39 is 12.1 Å². The van der Waals surface area contributed by atoms with Gasteiger partial charge in [-0.05, 0) is 28.8 Å². The molecule has 0 unspecified atom stereocenters. The molecule has 4 heteroatoms. The van der Waals surface area contributed by atoms with Crippen molar-refractivity contribution in [1.82, 2.24) is 0 Å². The maximum Gasteiger partial charge on any atom is 0.124 e. The van der Waals surface area contributed by atoms with Crippen LogP contribution in [0.3, 0.4) is 0 Å². The number of phenols is 1. The maximum absolute atomic E-state index is 11.2. The fourth-order valence-corrected chi connectivity index (χ4v) is 3.74. The number of nitrogens with zero attached hydrogens (tertiary/aromatic N) is 1. The van der Waals surface area contributed by atoms with E-state index in [1.54, 1.807) is 24.4 Å². The Kier molecular flexibility index (Phi) is 7.64. The lowest BCUT2D eigenvalue weighted by Crippen LogP contribution is -2.25. The van der Waals surface area contributed by atoms with Crippen LogP contribution in [-0.4, -0.2) is 29.1 Å². The molecule has 0 aromatic heterocycles. The molecule has 2 N–H and O–H groups in total. The molecule has 0 amide bonds. The molecule has 0 saturated heterocycles. The highest BCUT2D eigenvalue weighted by molar-refractivity contribution is 5.83. The minimum atomic E-state index is -0.885. The summed E-state index contributed by atoms with van der Waals surface area (Å²) in [4.78, 5) is 4.63. The number of aliphatic hydroxyl groups is 1. The Morgan fingerprint density at radius 2 is 1.15 bits per heavy atom. The Morgan fingerprint density at radius 1 is 0.667 bits per heavy atom. The molecule has 4 nitrogen and oxygen atoms in total. The monoisotopic (exact) mass is 437 g/mol. The lowest BCUT2D eigenvalue weighted by atomic mass is 10.0. The van der Waals surface area contributed by atoms with Crippen LogP contribution in [0.4, 0.5) is 0 Å². The summed E-state index contributed by atoms with van der Waals surface area (Å²) < 4.78 is 6.28. The highest BCUT2D eigenvalue weighted by Crippen LogP contribution is 2.28. The van der Waals surface area contributed by atoms with Crippen LogP contribution < -0.4 is 0 Å². The van der Waals surface area contributed by atoms with Crippen LogP contribution in [-0.2, 0) is 4.74 Å². The molecule has 33 heavy (non-hydrogen) atoms. The second-order valence-electron chi connectivity index (χ2n) is 7.79. The minimum Gasteiger partial charge on any atom is -0.507 e. The van der Waals surface area contributed by atoms with Gasteiger partial charge in [-0.3, -0.25) is 4.99 Å². The molecular weight excluding hydrogens is 410 g/mol. The highest BCUT2D eigenvalue weighted by Gasteiger charge is 2.23. The van der Waals surface area contributed by atoms with Crippen molar-refractivity contribution in [1.29, 1.82) is 0 Å². The predicted octanol–water partition coefficient (Wildman–Crippen LogP) is 5.72. The molecule has 0 bridgehead atoms.